The molecule has 7 nitrogen and oxygen atoms in total. The predicted octanol–water partition coefficient (Wildman–Crippen LogP) is 1.67. The van der Waals surface area contributed by atoms with Crippen LogP contribution in [-0.4, -0.2) is 33.9 Å². The number of nitrogens with two attached hydrogens (primary N) is 1. The van der Waals surface area contributed by atoms with Gasteiger partial charge in [0, 0.05) is 25.4 Å². The molecule has 1 atom stereocenters. The van der Waals surface area contributed by atoms with Crippen molar-refractivity contribution in [3.05, 3.63) is 28.4 Å². The van der Waals surface area contributed by atoms with Crippen molar-refractivity contribution in [1.82, 2.24) is 9.88 Å². The van der Waals surface area contributed by atoms with Crippen molar-refractivity contribution in [3.63, 3.8) is 0 Å². The number of piperidine rings is 1. The lowest BCUT2D eigenvalue weighted by Crippen LogP contribution is -2.43. The Morgan fingerprint density at radius 3 is 3.16 bits per heavy atom. The Labute approximate surface area is 111 Å². The van der Waals surface area contributed by atoms with E-state index in [1.54, 1.807) is 0 Å². The molecule has 0 amide bonds. The number of aliphatic imine (C=N–C) groups is 1. The molecular weight excluding hydrogens is 246 g/mol. The smallest absolute Gasteiger partial charge is 0.313 e. The van der Waals surface area contributed by atoms with Gasteiger partial charge in [-0.25, -0.2) is 4.98 Å². The van der Waals surface area contributed by atoms with Gasteiger partial charge in [0.05, 0.1) is 4.92 Å². The number of hydrogen-bond donors (Lipinski definition) is 1. The molecule has 0 spiro atoms. The van der Waals surface area contributed by atoms with Gasteiger partial charge in [0.25, 0.3) is 0 Å². The third kappa shape index (κ3) is 3.18. The van der Waals surface area contributed by atoms with Crippen LogP contribution >= 0.6 is 0 Å². The molecule has 2 heterocycles. The lowest BCUT2D eigenvalue weighted by molar-refractivity contribution is -0.384. The fraction of sp³-hybridized carbons (Fsp3) is 0.500. The van der Waals surface area contributed by atoms with Crippen molar-refractivity contribution in [2.45, 2.75) is 19.8 Å². The van der Waals surface area contributed by atoms with E-state index in [0.29, 0.717) is 11.9 Å². The van der Waals surface area contributed by atoms with Crippen LogP contribution in [0.4, 0.5) is 11.5 Å². The zero-order valence-electron chi connectivity index (χ0n) is 10.8. The van der Waals surface area contributed by atoms with Crippen LogP contribution in [0.25, 0.3) is 0 Å². The maximum atomic E-state index is 10.9. The molecule has 0 bridgehead atoms. The average Bonchev–Trinajstić information content (AvgIpc) is 2.39. The van der Waals surface area contributed by atoms with Crippen LogP contribution in [-0.2, 0) is 0 Å². The summed E-state index contributed by atoms with van der Waals surface area (Å²) in [5, 5.41) is 10.9. The summed E-state index contributed by atoms with van der Waals surface area (Å²) in [6.45, 7) is 3.82. The van der Waals surface area contributed by atoms with E-state index in [1.807, 2.05) is 4.90 Å². The first-order valence-corrected chi connectivity index (χ1v) is 6.26. The minimum Gasteiger partial charge on any atom is -0.369 e. The normalized spacial score (nSPS) is 20.4. The van der Waals surface area contributed by atoms with Gasteiger partial charge in [-0.2, -0.15) is 4.99 Å². The van der Waals surface area contributed by atoms with Crippen LogP contribution in [0.1, 0.15) is 19.8 Å². The van der Waals surface area contributed by atoms with E-state index < -0.39 is 4.92 Å². The highest BCUT2D eigenvalue weighted by Gasteiger charge is 2.20. The quantitative estimate of drug-likeness (QED) is 0.379. The van der Waals surface area contributed by atoms with Gasteiger partial charge in [-0.1, -0.05) is 6.92 Å². The summed E-state index contributed by atoms with van der Waals surface area (Å²) in [5.74, 6) is 0.915. The number of nitrogens with zero attached hydrogens (tertiary/aromatic N) is 4. The molecule has 7 heteroatoms. The van der Waals surface area contributed by atoms with Crippen molar-refractivity contribution in [2.24, 2.45) is 16.6 Å². The second kappa shape index (κ2) is 5.64. The third-order valence-electron chi connectivity index (χ3n) is 3.16. The maximum absolute atomic E-state index is 10.9. The Hall–Kier alpha value is -2.18. The van der Waals surface area contributed by atoms with Crippen LogP contribution < -0.4 is 5.73 Å². The number of likely N-dealkylation sites (tertiary alicyclic amines) is 1. The van der Waals surface area contributed by atoms with Crippen LogP contribution in [0.5, 0.6) is 0 Å². The standard InChI is InChI=1S/C12H17N5O2/c1-9-4-3-7-16(8-9)12(13)15-11-10(17(18)19)5-2-6-14-11/h2,5-6,9H,3-4,7-8H2,1H3,(H2,13,14,15)/t9-/m0/s1. The molecule has 2 rings (SSSR count). The van der Waals surface area contributed by atoms with E-state index in [4.69, 9.17) is 5.73 Å². The molecule has 2 N–H and O–H groups in total. The highest BCUT2D eigenvalue weighted by Crippen LogP contribution is 2.24. The molecule has 1 aromatic heterocycles. The van der Waals surface area contributed by atoms with Crippen molar-refractivity contribution in [3.8, 4) is 0 Å². The summed E-state index contributed by atoms with van der Waals surface area (Å²) >= 11 is 0. The van der Waals surface area contributed by atoms with E-state index >= 15 is 0 Å². The predicted molar refractivity (Wildman–Crippen MR) is 72.1 cm³/mol. The molecule has 1 aliphatic heterocycles. The van der Waals surface area contributed by atoms with Crippen molar-refractivity contribution in [1.29, 1.82) is 0 Å². The minimum absolute atomic E-state index is 0.0585. The van der Waals surface area contributed by atoms with Gasteiger partial charge in [-0.15, -0.1) is 0 Å². The first kappa shape index (κ1) is 13.3. The van der Waals surface area contributed by atoms with E-state index in [9.17, 15) is 10.1 Å². The Kier molecular flexibility index (Phi) is 3.94. The highest BCUT2D eigenvalue weighted by atomic mass is 16.6. The van der Waals surface area contributed by atoms with Crippen LogP contribution in [0.3, 0.4) is 0 Å². The molecule has 1 aromatic rings. The van der Waals surface area contributed by atoms with Crippen LogP contribution in [0.15, 0.2) is 23.3 Å². The van der Waals surface area contributed by atoms with Crippen LogP contribution in [0, 0.1) is 16.0 Å². The molecule has 1 saturated heterocycles. The number of pyridine rings is 1. The molecule has 0 saturated carbocycles. The fourth-order valence-corrected chi connectivity index (χ4v) is 2.19. The summed E-state index contributed by atoms with van der Waals surface area (Å²) in [4.78, 5) is 20.3. The summed E-state index contributed by atoms with van der Waals surface area (Å²) in [7, 11) is 0. The van der Waals surface area contributed by atoms with Gasteiger partial charge in [-0.3, -0.25) is 10.1 Å². The monoisotopic (exact) mass is 263 g/mol. The van der Waals surface area contributed by atoms with Crippen molar-refractivity contribution in [2.75, 3.05) is 13.1 Å². The first-order valence-electron chi connectivity index (χ1n) is 6.26. The van der Waals surface area contributed by atoms with E-state index in [-0.39, 0.29) is 11.5 Å². The molecule has 19 heavy (non-hydrogen) atoms. The molecule has 1 fully saturated rings. The summed E-state index contributed by atoms with van der Waals surface area (Å²) in [6, 6.07) is 2.88. The van der Waals surface area contributed by atoms with Gasteiger partial charge < -0.3 is 10.6 Å². The number of guanidine groups is 1. The molecule has 0 unspecified atom stereocenters. The first-order chi connectivity index (χ1) is 9.08. The zero-order valence-corrected chi connectivity index (χ0v) is 10.8. The maximum Gasteiger partial charge on any atom is 0.313 e. The molecule has 102 valence electrons. The second-order valence-electron chi connectivity index (χ2n) is 4.77. The average molecular weight is 263 g/mol. The molecular formula is C12H17N5O2. The minimum atomic E-state index is -0.502. The van der Waals surface area contributed by atoms with Gasteiger partial charge >= 0.3 is 5.69 Å². The lowest BCUT2D eigenvalue weighted by atomic mass is 10.0. The number of aromatic nitrogens is 1. The Morgan fingerprint density at radius 2 is 2.47 bits per heavy atom. The Bertz CT molecular complexity index is 503. The topological polar surface area (TPSA) is 97.7 Å². The Morgan fingerprint density at radius 1 is 1.68 bits per heavy atom. The van der Waals surface area contributed by atoms with Crippen molar-refractivity contribution >= 4 is 17.5 Å². The van der Waals surface area contributed by atoms with E-state index in [0.717, 1.165) is 19.5 Å². The van der Waals surface area contributed by atoms with Crippen molar-refractivity contribution < 1.29 is 4.92 Å². The Balaban J connectivity index is 2.23. The highest BCUT2D eigenvalue weighted by molar-refractivity contribution is 5.81. The molecule has 0 aliphatic carbocycles. The van der Waals surface area contributed by atoms with E-state index in [1.165, 1.54) is 24.8 Å². The summed E-state index contributed by atoms with van der Waals surface area (Å²) in [6.07, 6.45) is 3.70. The summed E-state index contributed by atoms with van der Waals surface area (Å²) < 4.78 is 0. The van der Waals surface area contributed by atoms with Crippen LogP contribution in [0.2, 0.25) is 0 Å². The van der Waals surface area contributed by atoms with Gasteiger partial charge in [0.15, 0.2) is 5.96 Å². The van der Waals surface area contributed by atoms with E-state index in [2.05, 4.69) is 16.9 Å². The van der Waals surface area contributed by atoms with Gasteiger partial charge in [0.2, 0.25) is 5.82 Å². The van der Waals surface area contributed by atoms with Gasteiger partial charge in [-0.05, 0) is 24.8 Å². The number of hydrogen-bond acceptors (Lipinski definition) is 4. The molecule has 0 radical (unpaired) electrons. The van der Waals surface area contributed by atoms with Gasteiger partial charge in [0.1, 0.15) is 0 Å². The largest absolute Gasteiger partial charge is 0.369 e. The third-order valence-corrected chi connectivity index (χ3v) is 3.16. The fourth-order valence-electron chi connectivity index (χ4n) is 2.19. The molecule has 0 aromatic carbocycles. The lowest BCUT2D eigenvalue weighted by Gasteiger charge is -2.31. The second-order valence-corrected chi connectivity index (χ2v) is 4.77. The SMILES string of the molecule is C[C@H]1CCCN(C(N)=Nc2ncccc2[N+](=O)[O-])C1. The number of rotatable bonds is 2. The number of nitro groups is 1. The molecule has 1 aliphatic rings. The zero-order chi connectivity index (χ0) is 13.8. The summed E-state index contributed by atoms with van der Waals surface area (Å²) in [5.41, 5.74) is 5.80.